The van der Waals surface area contributed by atoms with E-state index in [0.717, 1.165) is 0 Å². The Hall–Kier alpha value is -1.43. The minimum absolute atomic E-state index is 0.130. The van der Waals surface area contributed by atoms with Gasteiger partial charge in [0.25, 0.3) is 5.91 Å². The molecule has 2 N–H and O–H groups in total. The fourth-order valence-electron chi connectivity index (χ4n) is 2.45. The first-order chi connectivity index (χ1) is 9.97. The average molecular weight is 311 g/mol. The van der Waals surface area contributed by atoms with Gasteiger partial charge in [-0.2, -0.15) is 0 Å². The van der Waals surface area contributed by atoms with Gasteiger partial charge in [0.15, 0.2) is 0 Å². The molecule has 2 unspecified atom stereocenters. The number of rotatable bonds is 3. The van der Waals surface area contributed by atoms with Gasteiger partial charge in [-0.25, -0.2) is 0 Å². The maximum atomic E-state index is 12.0. The van der Waals surface area contributed by atoms with Gasteiger partial charge in [0.1, 0.15) is 0 Å². The van der Waals surface area contributed by atoms with E-state index in [9.17, 15) is 14.7 Å². The first-order valence-electron chi connectivity index (χ1n) is 6.96. The zero-order valence-electron chi connectivity index (χ0n) is 11.9. The highest BCUT2D eigenvalue weighted by molar-refractivity contribution is 6.34. The molecule has 1 aromatic carbocycles. The Balaban J connectivity index is 1.88. The van der Waals surface area contributed by atoms with Crippen LogP contribution in [0.2, 0.25) is 5.02 Å². The fourth-order valence-corrected chi connectivity index (χ4v) is 2.67. The highest BCUT2D eigenvalue weighted by Crippen LogP contribution is 2.16. The molecule has 0 bridgehead atoms. The summed E-state index contributed by atoms with van der Waals surface area (Å²) >= 11 is 5.92. The van der Waals surface area contributed by atoms with Crippen LogP contribution in [-0.4, -0.2) is 47.6 Å². The van der Waals surface area contributed by atoms with Gasteiger partial charge in [0.05, 0.1) is 23.2 Å². The lowest BCUT2D eigenvalue weighted by atomic mass is 9.97. The monoisotopic (exact) mass is 310 g/mol. The van der Waals surface area contributed by atoms with Gasteiger partial charge in [0.2, 0.25) is 5.91 Å². The molecule has 1 aliphatic rings. The van der Waals surface area contributed by atoms with Crippen LogP contribution in [0.4, 0.5) is 0 Å². The van der Waals surface area contributed by atoms with Crippen molar-refractivity contribution in [3.8, 4) is 0 Å². The number of halogens is 1. The normalized spacial score (nSPS) is 22.8. The van der Waals surface area contributed by atoms with Crippen LogP contribution in [0.25, 0.3) is 0 Å². The zero-order chi connectivity index (χ0) is 15.4. The number of carbonyl (C=O) groups excluding carboxylic acids is 2. The minimum Gasteiger partial charge on any atom is -0.393 e. The third-order valence-corrected chi connectivity index (χ3v) is 4.01. The van der Waals surface area contributed by atoms with E-state index >= 15 is 0 Å². The molecular weight excluding hydrogens is 292 g/mol. The zero-order valence-corrected chi connectivity index (χ0v) is 12.6. The summed E-state index contributed by atoms with van der Waals surface area (Å²) in [6.45, 7) is 3.39. The number of hydrogen-bond acceptors (Lipinski definition) is 4. The van der Waals surface area contributed by atoms with Crippen LogP contribution in [0.5, 0.6) is 0 Å². The molecule has 2 amide bonds. The Morgan fingerprint density at radius 2 is 2.14 bits per heavy atom. The van der Waals surface area contributed by atoms with Crippen molar-refractivity contribution in [3.63, 3.8) is 0 Å². The molecule has 1 fully saturated rings. The minimum atomic E-state index is -0.490. The van der Waals surface area contributed by atoms with Crippen LogP contribution in [0.15, 0.2) is 24.3 Å². The largest absolute Gasteiger partial charge is 0.393 e. The highest BCUT2D eigenvalue weighted by Gasteiger charge is 2.25. The van der Waals surface area contributed by atoms with Crippen molar-refractivity contribution in [1.29, 1.82) is 0 Å². The lowest BCUT2D eigenvalue weighted by Crippen LogP contribution is -2.47. The topological polar surface area (TPSA) is 69.6 Å². The number of amides is 2. The summed E-state index contributed by atoms with van der Waals surface area (Å²) in [5.74, 6) is -0.718. The van der Waals surface area contributed by atoms with Crippen LogP contribution in [0.1, 0.15) is 23.7 Å². The second-order valence-electron chi connectivity index (χ2n) is 5.43. The van der Waals surface area contributed by atoms with Gasteiger partial charge in [-0.1, -0.05) is 30.7 Å². The number of nitrogens with zero attached hydrogens (tertiary/aromatic N) is 1. The number of carbonyl (C=O) groups is 2. The first kappa shape index (κ1) is 15.9. The van der Waals surface area contributed by atoms with Gasteiger partial charge in [-0.15, -0.1) is 0 Å². The lowest BCUT2D eigenvalue weighted by Gasteiger charge is -2.33. The molecule has 1 saturated heterocycles. The molecular formula is C15H19ClN2O3. The van der Waals surface area contributed by atoms with Crippen molar-refractivity contribution in [1.82, 2.24) is 10.2 Å². The van der Waals surface area contributed by atoms with Gasteiger partial charge in [-0.05, 0) is 24.5 Å². The molecule has 0 spiro atoms. The number of benzene rings is 1. The first-order valence-corrected chi connectivity index (χ1v) is 7.34. The van der Waals surface area contributed by atoms with E-state index < -0.39 is 5.91 Å². The molecule has 1 aromatic rings. The molecule has 1 aliphatic heterocycles. The Bertz CT molecular complexity index is 535. The Morgan fingerprint density at radius 3 is 2.81 bits per heavy atom. The van der Waals surface area contributed by atoms with E-state index in [1.165, 1.54) is 0 Å². The summed E-state index contributed by atoms with van der Waals surface area (Å²) in [4.78, 5) is 25.8. The number of aliphatic hydroxyl groups is 1. The quantitative estimate of drug-likeness (QED) is 0.883. The number of imide groups is 1. The SMILES string of the molecule is CC1CN(CC(=O)NC(=O)c2ccccc2Cl)CCC1O. The predicted molar refractivity (Wildman–Crippen MR) is 80.2 cm³/mol. The summed E-state index contributed by atoms with van der Waals surface area (Å²) in [6, 6.07) is 6.60. The standard InChI is InChI=1S/C15H19ClN2O3/c1-10-8-18(7-6-13(10)19)9-14(20)17-15(21)11-4-2-3-5-12(11)16/h2-5,10,13,19H,6-9H2,1H3,(H,17,20,21). The van der Waals surface area contributed by atoms with Gasteiger partial charge in [-0.3, -0.25) is 19.8 Å². The van der Waals surface area contributed by atoms with E-state index in [-0.39, 0.29) is 30.0 Å². The van der Waals surface area contributed by atoms with Crippen molar-refractivity contribution in [3.05, 3.63) is 34.9 Å². The van der Waals surface area contributed by atoms with Crippen LogP contribution in [0.3, 0.4) is 0 Å². The van der Waals surface area contributed by atoms with Crippen LogP contribution >= 0.6 is 11.6 Å². The van der Waals surface area contributed by atoms with E-state index in [1.807, 2.05) is 11.8 Å². The summed E-state index contributed by atoms with van der Waals surface area (Å²) in [5, 5.41) is 12.3. The summed E-state index contributed by atoms with van der Waals surface area (Å²) in [7, 11) is 0. The molecule has 0 radical (unpaired) electrons. The van der Waals surface area contributed by atoms with Crippen LogP contribution < -0.4 is 5.32 Å². The van der Waals surface area contributed by atoms with E-state index in [0.29, 0.717) is 24.5 Å². The molecule has 2 rings (SSSR count). The van der Waals surface area contributed by atoms with E-state index in [1.54, 1.807) is 24.3 Å². The molecule has 5 nitrogen and oxygen atoms in total. The molecule has 114 valence electrons. The van der Waals surface area contributed by atoms with Gasteiger partial charge in [0, 0.05) is 13.1 Å². The molecule has 2 atom stereocenters. The van der Waals surface area contributed by atoms with Crippen LogP contribution in [0, 0.1) is 5.92 Å². The third-order valence-electron chi connectivity index (χ3n) is 3.68. The Kier molecular flexibility index (Phi) is 5.33. The smallest absolute Gasteiger partial charge is 0.259 e. The summed E-state index contributed by atoms with van der Waals surface area (Å²) < 4.78 is 0. The Morgan fingerprint density at radius 1 is 1.43 bits per heavy atom. The fraction of sp³-hybridized carbons (Fsp3) is 0.467. The molecule has 1 heterocycles. The van der Waals surface area contributed by atoms with Crippen LogP contribution in [-0.2, 0) is 4.79 Å². The third kappa shape index (κ3) is 4.27. The summed E-state index contributed by atoms with van der Waals surface area (Å²) in [6.07, 6.45) is 0.335. The van der Waals surface area contributed by atoms with Crippen molar-refractivity contribution in [2.45, 2.75) is 19.4 Å². The predicted octanol–water partition coefficient (Wildman–Crippen LogP) is 1.30. The maximum Gasteiger partial charge on any atom is 0.259 e. The Labute approximate surface area is 128 Å². The van der Waals surface area contributed by atoms with Crippen molar-refractivity contribution in [2.75, 3.05) is 19.6 Å². The van der Waals surface area contributed by atoms with Crippen molar-refractivity contribution < 1.29 is 14.7 Å². The molecule has 0 aromatic heterocycles. The second kappa shape index (κ2) is 7.02. The molecule has 6 heteroatoms. The number of hydrogen-bond donors (Lipinski definition) is 2. The number of piperidine rings is 1. The van der Waals surface area contributed by atoms with Gasteiger partial charge < -0.3 is 5.11 Å². The van der Waals surface area contributed by atoms with Crippen molar-refractivity contribution in [2.24, 2.45) is 5.92 Å². The lowest BCUT2D eigenvalue weighted by molar-refractivity contribution is -0.122. The average Bonchev–Trinajstić information content (AvgIpc) is 2.43. The second-order valence-corrected chi connectivity index (χ2v) is 5.83. The number of nitrogens with one attached hydrogen (secondary N) is 1. The molecule has 0 saturated carbocycles. The van der Waals surface area contributed by atoms with E-state index in [2.05, 4.69) is 5.32 Å². The van der Waals surface area contributed by atoms with E-state index in [4.69, 9.17) is 11.6 Å². The van der Waals surface area contributed by atoms with Crippen molar-refractivity contribution >= 4 is 23.4 Å². The highest BCUT2D eigenvalue weighted by atomic mass is 35.5. The summed E-state index contributed by atoms with van der Waals surface area (Å²) in [5.41, 5.74) is 0.287. The maximum absolute atomic E-state index is 12.0. The number of aliphatic hydroxyl groups excluding tert-OH is 1. The molecule has 21 heavy (non-hydrogen) atoms. The number of likely N-dealkylation sites (tertiary alicyclic amines) is 1. The van der Waals surface area contributed by atoms with Gasteiger partial charge >= 0.3 is 0 Å². The molecule has 0 aliphatic carbocycles.